The van der Waals surface area contributed by atoms with Gasteiger partial charge in [-0.05, 0) is 67.3 Å². The smallest absolute Gasteiger partial charge is 0.341 e. The maximum absolute atomic E-state index is 14.5. The van der Waals surface area contributed by atoms with E-state index in [2.05, 4.69) is 0 Å². The third kappa shape index (κ3) is 5.75. The Hall–Kier alpha value is -3.65. The molecule has 38 heavy (non-hydrogen) atoms. The molecule has 1 fully saturated rings. The predicted octanol–water partition coefficient (Wildman–Crippen LogP) is 7.30. The van der Waals surface area contributed by atoms with Crippen molar-refractivity contribution in [1.29, 1.82) is 0 Å². The van der Waals surface area contributed by atoms with Crippen LogP contribution in [0.1, 0.15) is 38.1 Å². The van der Waals surface area contributed by atoms with Gasteiger partial charge in [0.05, 0.1) is 17.1 Å². The number of imidazole rings is 1. The second kappa shape index (κ2) is 11.4. The molecule has 4 aromatic rings. The molecular weight excluding hydrogens is 514 g/mol. The largest absolute Gasteiger partial charge is 0.491 e. The van der Waals surface area contributed by atoms with Crippen LogP contribution in [-0.2, 0) is 4.79 Å². The van der Waals surface area contributed by atoms with Crippen molar-refractivity contribution in [2.75, 3.05) is 13.2 Å². The standard InChI is InChI=1S/C29H27ClF2N2O4/c30-20-8-6-19(7-9-20)29-33-25-14-23(31)24(32)15-26(25)34(29)27(18-4-2-1-3-5-18)16-37-21-10-12-22(13-11-21)38-17-28(35)36/h6-15,18,27H,1-5,16-17H2,(H,35,36). The predicted molar refractivity (Wildman–Crippen MR) is 141 cm³/mol. The molecule has 1 heterocycles. The summed E-state index contributed by atoms with van der Waals surface area (Å²) in [6.45, 7) is -0.146. The van der Waals surface area contributed by atoms with Gasteiger partial charge in [-0.2, -0.15) is 0 Å². The van der Waals surface area contributed by atoms with Gasteiger partial charge >= 0.3 is 5.97 Å². The molecule has 1 unspecified atom stereocenters. The van der Waals surface area contributed by atoms with Gasteiger partial charge in [-0.3, -0.25) is 0 Å². The topological polar surface area (TPSA) is 73.6 Å². The van der Waals surface area contributed by atoms with Crippen LogP contribution in [0.2, 0.25) is 5.02 Å². The fourth-order valence-electron chi connectivity index (χ4n) is 5.13. The average Bonchev–Trinajstić information content (AvgIpc) is 3.27. The highest BCUT2D eigenvalue weighted by Crippen LogP contribution is 2.39. The van der Waals surface area contributed by atoms with Crippen molar-refractivity contribution < 1.29 is 28.2 Å². The minimum absolute atomic E-state index is 0.196. The number of carboxylic acids is 1. The van der Waals surface area contributed by atoms with E-state index >= 15 is 0 Å². The van der Waals surface area contributed by atoms with E-state index in [0.29, 0.717) is 33.4 Å². The summed E-state index contributed by atoms with van der Waals surface area (Å²) in [7, 11) is 0. The molecule has 9 heteroatoms. The SMILES string of the molecule is O=C(O)COc1ccc(OCC(C2CCCCC2)n2c(-c3ccc(Cl)cc3)nc3cc(F)c(F)cc32)cc1. The molecule has 1 atom stereocenters. The highest BCUT2D eigenvalue weighted by Gasteiger charge is 2.30. The normalized spacial score (nSPS) is 14.9. The number of aliphatic carboxylic acids is 1. The average molecular weight is 541 g/mol. The van der Waals surface area contributed by atoms with Crippen molar-refractivity contribution in [2.24, 2.45) is 5.92 Å². The molecule has 1 aliphatic carbocycles. The highest BCUT2D eigenvalue weighted by molar-refractivity contribution is 6.30. The number of nitrogens with zero attached hydrogens (tertiary/aromatic N) is 2. The second-order valence-electron chi connectivity index (χ2n) is 9.50. The second-order valence-corrected chi connectivity index (χ2v) is 9.93. The Bertz CT molecular complexity index is 1420. The van der Waals surface area contributed by atoms with Crippen molar-refractivity contribution in [2.45, 2.75) is 38.1 Å². The lowest BCUT2D eigenvalue weighted by Crippen LogP contribution is -2.28. The van der Waals surface area contributed by atoms with Gasteiger partial charge in [0.15, 0.2) is 18.2 Å². The molecule has 198 valence electrons. The van der Waals surface area contributed by atoms with Crippen LogP contribution < -0.4 is 9.47 Å². The molecule has 3 aromatic carbocycles. The van der Waals surface area contributed by atoms with Crippen molar-refractivity contribution in [1.82, 2.24) is 9.55 Å². The number of hydrogen-bond acceptors (Lipinski definition) is 4. The molecule has 6 nitrogen and oxygen atoms in total. The van der Waals surface area contributed by atoms with Crippen LogP contribution in [0.15, 0.2) is 60.7 Å². The number of benzene rings is 3. The summed E-state index contributed by atoms with van der Waals surface area (Å²) in [5.41, 5.74) is 1.66. The minimum atomic E-state index is -1.05. The molecule has 1 aliphatic rings. The van der Waals surface area contributed by atoms with Crippen molar-refractivity contribution >= 4 is 28.6 Å². The molecule has 0 aliphatic heterocycles. The van der Waals surface area contributed by atoms with Gasteiger partial charge in [-0.1, -0.05) is 30.9 Å². The fraction of sp³-hybridized carbons (Fsp3) is 0.310. The Balaban J connectivity index is 1.53. The summed E-state index contributed by atoms with van der Waals surface area (Å²) in [6.07, 6.45) is 5.31. The van der Waals surface area contributed by atoms with E-state index < -0.39 is 24.2 Å². The first-order valence-corrected chi connectivity index (χ1v) is 13.0. The molecule has 0 bridgehead atoms. The van der Waals surface area contributed by atoms with Gasteiger partial charge in [0, 0.05) is 22.7 Å². The lowest BCUT2D eigenvalue weighted by molar-refractivity contribution is -0.139. The Morgan fingerprint density at radius 3 is 2.26 bits per heavy atom. The Morgan fingerprint density at radius 1 is 0.974 bits per heavy atom. The van der Waals surface area contributed by atoms with Crippen LogP contribution in [0, 0.1) is 17.6 Å². The summed E-state index contributed by atoms with van der Waals surface area (Å²) in [5, 5.41) is 9.39. The Morgan fingerprint density at radius 2 is 1.61 bits per heavy atom. The first-order chi connectivity index (χ1) is 18.4. The zero-order valence-corrected chi connectivity index (χ0v) is 21.3. The molecule has 0 amide bonds. The molecule has 1 aromatic heterocycles. The van der Waals surface area contributed by atoms with Crippen LogP contribution in [0.4, 0.5) is 8.78 Å². The third-order valence-electron chi connectivity index (χ3n) is 6.97. The maximum atomic E-state index is 14.5. The van der Waals surface area contributed by atoms with Crippen LogP contribution in [0.3, 0.4) is 0 Å². The van der Waals surface area contributed by atoms with Crippen LogP contribution in [-0.4, -0.2) is 33.8 Å². The van der Waals surface area contributed by atoms with Gasteiger partial charge in [0.1, 0.15) is 23.9 Å². The van der Waals surface area contributed by atoms with Crippen LogP contribution in [0.25, 0.3) is 22.4 Å². The Labute approximate surface area is 223 Å². The molecule has 1 N–H and O–H groups in total. The number of carbonyl (C=O) groups is 1. The molecule has 1 saturated carbocycles. The van der Waals surface area contributed by atoms with Gasteiger partial charge < -0.3 is 19.1 Å². The van der Waals surface area contributed by atoms with E-state index in [4.69, 9.17) is 31.2 Å². The Kier molecular flexibility index (Phi) is 7.79. The van der Waals surface area contributed by atoms with E-state index in [1.54, 1.807) is 36.4 Å². The summed E-state index contributed by atoms with van der Waals surface area (Å²) in [4.78, 5) is 15.5. The fourth-order valence-corrected chi connectivity index (χ4v) is 5.25. The van der Waals surface area contributed by atoms with Crippen molar-refractivity contribution in [3.8, 4) is 22.9 Å². The van der Waals surface area contributed by atoms with Gasteiger partial charge in [-0.25, -0.2) is 18.6 Å². The monoisotopic (exact) mass is 540 g/mol. The minimum Gasteiger partial charge on any atom is -0.491 e. The summed E-state index contributed by atoms with van der Waals surface area (Å²) >= 11 is 6.12. The van der Waals surface area contributed by atoms with Gasteiger partial charge in [0.25, 0.3) is 0 Å². The third-order valence-corrected chi connectivity index (χ3v) is 7.22. The summed E-state index contributed by atoms with van der Waals surface area (Å²) in [5.74, 6) is -1.07. The number of carboxylic acid groups (broad SMARTS) is 1. The zero-order valence-electron chi connectivity index (χ0n) is 20.6. The van der Waals surface area contributed by atoms with Crippen LogP contribution >= 0.6 is 11.6 Å². The van der Waals surface area contributed by atoms with E-state index in [0.717, 1.165) is 43.7 Å². The number of hydrogen-bond donors (Lipinski definition) is 1. The summed E-state index contributed by atoms with van der Waals surface area (Å²) < 4.78 is 42.1. The molecule has 0 saturated heterocycles. The van der Waals surface area contributed by atoms with E-state index in [9.17, 15) is 13.6 Å². The van der Waals surface area contributed by atoms with E-state index in [1.807, 2.05) is 16.7 Å². The number of rotatable bonds is 9. The van der Waals surface area contributed by atoms with Crippen molar-refractivity contribution in [3.05, 3.63) is 77.3 Å². The lowest BCUT2D eigenvalue weighted by atomic mass is 9.83. The van der Waals surface area contributed by atoms with E-state index in [-0.39, 0.29) is 18.6 Å². The molecule has 5 rings (SSSR count). The number of ether oxygens (including phenoxy) is 2. The van der Waals surface area contributed by atoms with Gasteiger partial charge in [0.2, 0.25) is 0 Å². The molecule has 0 spiro atoms. The van der Waals surface area contributed by atoms with Crippen molar-refractivity contribution in [3.63, 3.8) is 0 Å². The number of halogens is 3. The zero-order chi connectivity index (χ0) is 26.6. The lowest BCUT2D eigenvalue weighted by Gasteiger charge is -2.32. The first-order valence-electron chi connectivity index (χ1n) is 12.6. The highest BCUT2D eigenvalue weighted by atomic mass is 35.5. The molecule has 0 radical (unpaired) electrons. The number of fused-ring (bicyclic) bond motifs is 1. The van der Waals surface area contributed by atoms with E-state index in [1.165, 1.54) is 6.07 Å². The van der Waals surface area contributed by atoms with Crippen LogP contribution in [0.5, 0.6) is 11.5 Å². The van der Waals surface area contributed by atoms with Gasteiger partial charge in [-0.15, -0.1) is 0 Å². The maximum Gasteiger partial charge on any atom is 0.341 e. The summed E-state index contributed by atoms with van der Waals surface area (Å²) in [6, 6.07) is 16.1. The first kappa shape index (κ1) is 26.0. The number of aromatic nitrogens is 2. The quantitative estimate of drug-likeness (QED) is 0.241. The molecular formula is C29H27ClF2N2O4.